The smallest absolute Gasteiger partial charge is 0.223 e. The Hall–Kier alpha value is -2.04. The molecule has 0 aromatic heterocycles. The molecule has 0 saturated heterocycles. The Labute approximate surface area is 144 Å². The van der Waals surface area contributed by atoms with Gasteiger partial charge in [-0.15, -0.1) is 0 Å². The van der Waals surface area contributed by atoms with Crippen molar-refractivity contribution in [2.45, 2.75) is 58.5 Å². The number of benzene rings is 1. The van der Waals surface area contributed by atoms with Crippen LogP contribution in [0.15, 0.2) is 18.2 Å². The number of hydrogen-bond donors (Lipinski definition) is 2. The van der Waals surface area contributed by atoms with Gasteiger partial charge < -0.3 is 15.4 Å². The fourth-order valence-corrected chi connectivity index (χ4v) is 3.13. The second-order valence-corrected chi connectivity index (χ2v) is 6.68. The van der Waals surface area contributed by atoms with Crippen molar-refractivity contribution in [3.8, 4) is 5.75 Å². The van der Waals surface area contributed by atoms with Gasteiger partial charge in [0.05, 0.1) is 7.11 Å². The highest BCUT2D eigenvalue weighted by Crippen LogP contribution is 2.24. The van der Waals surface area contributed by atoms with Gasteiger partial charge >= 0.3 is 0 Å². The lowest BCUT2D eigenvalue weighted by Crippen LogP contribution is -2.39. The molecule has 2 rings (SSSR count). The van der Waals surface area contributed by atoms with Crippen LogP contribution in [0.3, 0.4) is 0 Å². The monoisotopic (exact) mass is 332 g/mol. The SMILES string of the molecule is COc1cc(CNC(=O)C[C@@H](C)NC(=O)C2CCCC2)ccc1C. The summed E-state index contributed by atoms with van der Waals surface area (Å²) in [6.07, 6.45) is 4.50. The van der Waals surface area contributed by atoms with Crippen molar-refractivity contribution >= 4 is 11.8 Å². The van der Waals surface area contributed by atoms with Crippen molar-refractivity contribution < 1.29 is 14.3 Å². The lowest BCUT2D eigenvalue weighted by Gasteiger charge is -2.17. The number of carbonyl (C=O) groups excluding carboxylic acids is 2. The molecule has 5 nitrogen and oxygen atoms in total. The molecule has 1 aromatic rings. The lowest BCUT2D eigenvalue weighted by molar-refractivity contribution is -0.126. The topological polar surface area (TPSA) is 67.4 Å². The first kappa shape index (κ1) is 18.3. The quantitative estimate of drug-likeness (QED) is 0.807. The van der Waals surface area contributed by atoms with Gasteiger partial charge in [-0.25, -0.2) is 0 Å². The Balaban J connectivity index is 1.75. The van der Waals surface area contributed by atoms with Gasteiger partial charge in [0.15, 0.2) is 0 Å². The first-order valence-corrected chi connectivity index (χ1v) is 8.70. The van der Waals surface area contributed by atoms with Gasteiger partial charge in [-0.2, -0.15) is 0 Å². The summed E-state index contributed by atoms with van der Waals surface area (Å²) in [7, 11) is 1.64. The second kappa shape index (κ2) is 8.71. The molecule has 132 valence electrons. The molecule has 0 bridgehead atoms. The van der Waals surface area contributed by atoms with Gasteiger partial charge in [-0.3, -0.25) is 9.59 Å². The molecule has 2 amide bonds. The average Bonchev–Trinajstić information content (AvgIpc) is 3.08. The van der Waals surface area contributed by atoms with Gasteiger partial charge in [0, 0.05) is 24.9 Å². The number of amides is 2. The molecule has 0 spiro atoms. The maximum Gasteiger partial charge on any atom is 0.223 e. The normalized spacial score (nSPS) is 15.8. The third-order valence-electron chi connectivity index (χ3n) is 4.57. The van der Waals surface area contributed by atoms with Gasteiger partial charge in [0.1, 0.15) is 5.75 Å². The molecule has 0 radical (unpaired) electrons. The van der Waals surface area contributed by atoms with E-state index in [-0.39, 0.29) is 23.8 Å². The van der Waals surface area contributed by atoms with E-state index < -0.39 is 0 Å². The highest BCUT2D eigenvalue weighted by atomic mass is 16.5. The first-order valence-electron chi connectivity index (χ1n) is 8.70. The molecule has 2 N–H and O–H groups in total. The summed E-state index contributed by atoms with van der Waals surface area (Å²) in [5, 5.41) is 5.85. The van der Waals surface area contributed by atoms with Crippen LogP contribution in [0.1, 0.15) is 50.2 Å². The Morgan fingerprint density at radius 2 is 2.00 bits per heavy atom. The third kappa shape index (κ3) is 5.25. The molecule has 1 aliphatic rings. The minimum absolute atomic E-state index is 0.0613. The van der Waals surface area contributed by atoms with Crippen LogP contribution in [-0.2, 0) is 16.1 Å². The standard InChI is InChI=1S/C19H28N2O3/c1-13-8-9-15(11-17(13)24-3)12-20-18(22)10-14(2)21-19(23)16-6-4-5-7-16/h8-9,11,14,16H,4-7,10,12H2,1-3H3,(H,20,22)(H,21,23)/t14-/m1/s1. The molecule has 0 unspecified atom stereocenters. The molecule has 1 aromatic carbocycles. The zero-order chi connectivity index (χ0) is 17.5. The largest absolute Gasteiger partial charge is 0.496 e. The van der Waals surface area contributed by atoms with Crippen LogP contribution >= 0.6 is 0 Å². The van der Waals surface area contributed by atoms with Crippen molar-refractivity contribution in [2.75, 3.05) is 7.11 Å². The molecule has 0 aliphatic heterocycles. The first-order chi connectivity index (χ1) is 11.5. The Kier molecular flexibility index (Phi) is 6.64. The van der Waals surface area contributed by atoms with Crippen LogP contribution in [0.2, 0.25) is 0 Å². The van der Waals surface area contributed by atoms with Crippen molar-refractivity contribution in [2.24, 2.45) is 5.92 Å². The van der Waals surface area contributed by atoms with E-state index in [1.807, 2.05) is 32.0 Å². The summed E-state index contributed by atoms with van der Waals surface area (Å²) in [5.74, 6) is 0.985. The Morgan fingerprint density at radius 1 is 1.29 bits per heavy atom. The summed E-state index contributed by atoms with van der Waals surface area (Å²) < 4.78 is 5.29. The molecule has 1 saturated carbocycles. The van der Waals surface area contributed by atoms with Crippen molar-refractivity contribution in [3.05, 3.63) is 29.3 Å². The number of carbonyl (C=O) groups is 2. The number of rotatable bonds is 7. The fourth-order valence-electron chi connectivity index (χ4n) is 3.13. The lowest BCUT2D eigenvalue weighted by atomic mass is 10.1. The predicted octanol–water partition coefficient (Wildman–Crippen LogP) is 2.70. The van der Waals surface area contributed by atoms with E-state index in [1.54, 1.807) is 7.11 Å². The molecule has 24 heavy (non-hydrogen) atoms. The molecular weight excluding hydrogens is 304 g/mol. The highest BCUT2D eigenvalue weighted by Gasteiger charge is 2.24. The summed E-state index contributed by atoms with van der Waals surface area (Å²) >= 11 is 0. The minimum atomic E-state index is -0.148. The van der Waals surface area contributed by atoms with Gasteiger partial charge in [0.2, 0.25) is 11.8 Å². The molecule has 1 aliphatic carbocycles. The van der Waals surface area contributed by atoms with E-state index in [2.05, 4.69) is 10.6 Å². The van der Waals surface area contributed by atoms with E-state index >= 15 is 0 Å². The maximum absolute atomic E-state index is 12.1. The van der Waals surface area contributed by atoms with Crippen molar-refractivity contribution in [1.29, 1.82) is 0 Å². The molecular formula is C19H28N2O3. The van der Waals surface area contributed by atoms with Crippen LogP contribution < -0.4 is 15.4 Å². The van der Waals surface area contributed by atoms with Crippen LogP contribution in [0, 0.1) is 12.8 Å². The van der Waals surface area contributed by atoms with Crippen LogP contribution in [0.5, 0.6) is 5.75 Å². The number of methoxy groups -OCH3 is 1. The van der Waals surface area contributed by atoms with E-state index in [0.29, 0.717) is 13.0 Å². The number of hydrogen-bond acceptors (Lipinski definition) is 3. The molecule has 0 heterocycles. The summed E-state index contributed by atoms with van der Waals surface area (Å²) in [4.78, 5) is 24.1. The summed E-state index contributed by atoms with van der Waals surface area (Å²) in [6.45, 7) is 4.32. The Morgan fingerprint density at radius 3 is 2.67 bits per heavy atom. The molecule has 1 fully saturated rings. The van der Waals surface area contributed by atoms with Crippen molar-refractivity contribution in [1.82, 2.24) is 10.6 Å². The van der Waals surface area contributed by atoms with Gasteiger partial charge in [-0.1, -0.05) is 25.0 Å². The fraction of sp³-hybridized carbons (Fsp3) is 0.579. The van der Waals surface area contributed by atoms with Crippen LogP contribution in [0.4, 0.5) is 0 Å². The summed E-state index contributed by atoms with van der Waals surface area (Å²) in [5.41, 5.74) is 2.06. The number of aryl methyl sites for hydroxylation is 1. The van der Waals surface area contributed by atoms with E-state index in [1.165, 1.54) is 0 Å². The van der Waals surface area contributed by atoms with Crippen molar-refractivity contribution in [3.63, 3.8) is 0 Å². The minimum Gasteiger partial charge on any atom is -0.496 e. The van der Waals surface area contributed by atoms with Crippen LogP contribution in [0.25, 0.3) is 0 Å². The average molecular weight is 332 g/mol. The van der Waals surface area contributed by atoms with Gasteiger partial charge in [0.25, 0.3) is 0 Å². The third-order valence-corrected chi connectivity index (χ3v) is 4.57. The number of nitrogens with one attached hydrogen (secondary N) is 2. The van der Waals surface area contributed by atoms with E-state index in [0.717, 1.165) is 42.6 Å². The van der Waals surface area contributed by atoms with Crippen LogP contribution in [-0.4, -0.2) is 25.0 Å². The zero-order valence-corrected chi connectivity index (χ0v) is 14.9. The predicted molar refractivity (Wildman–Crippen MR) is 93.8 cm³/mol. The zero-order valence-electron chi connectivity index (χ0n) is 14.9. The molecule has 5 heteroatoms. The van der Waals surface area contributed by atoms with E-state index in [9.17, 15) is 9.59 Å². The summed E-state index contributed by atoms with van der Waals surface area (Å²) in [6, 6.07) is 5.74. The molecule has 1 atom stereocenters. The van der Waals surface area contributed by atoms with E-state index in [4.69, 9.17) is 4.74 Å². The highest BCUT2D eigenvalue weighted by molar-refractivity contribution is 5.81. The second-order valence-electron chi connectivity index (χ2n) is 6.68. The maximum atomic E-state index is 12.1. The number of ether oxygens (including phenoxy) is 1. The Bertz CT molecular complexity index is 580. The van der Waals surface area contributed by atoms with Gasteiger partial charge in [-0.05, 0) is 43.9 Å².